The van der Waals surface area contributed by atoms with Crippen LogP contribution in [-0.2, 0) is 28.1 Å². The Morgan fingerprint density at radius 3 is 2.33 bits per heavy atom. The van der Waals surface area contributed by atoms with Crippen molar-refractivity contribution in [1.29, 1.82) is 0 Å². The van der Waals surface area contributed by atoms with Gasteiger partial charge in [-0.1, -0.05) is 30.3 Å². The van der Waals surface area contributed by atoms with Gasteiger partial charge >= 0.3 is 6.18 Å². The lowest BCUT2D eigenvalue weighted by Gasteiger charge is -2.32. The fourth-order valence-corrected chi connectivity index (χ4v) is 6.71. The van der Waals surface area contributed by atoms with Crippen LogP contribution in [0.25, 0.3) is 17.1 Å². The maximum absolute atomic E-state index is 15.1. The molecular weight excluding hydrogens is 762 g/mol. The number of carbonyl (C=O) groups excluding carboxylic acids is 4. The van der Waals surface area contributed by atoms with Crippen molar-refractivity contribution in [2.75, 3.05) is 13.1 Å². The van der Waals surface area contributed by atoms with E-state index in [0.29, 0.717) is 0 Å². The average Bonchev–Trinajstić information content (AvgIpc) is 3.90. The van der Waals surface area contributed by atoms with Crippen LogP contribution in [0.15, 0.2) is 67.3 Å². The minimum absolute atomic E-state index is 0.0695. The van der Waals surface area contributed by atoms with Crippen molar-refractivity contribution < 1.29 is 36.7 Å². The molecule has 0 unspecified atom stereocenters. The van der Waals surface area contributed by atoms with E-state index in [1.807, 2.05) is 24.3 Å². The van der Waals surface area contributed by atoms with Crippen LogP contribution in [0.1, 0.15) is 88.9 Å². The molecule has 19 heteroatoms. The number of halogens is 4. The van der Waals surface area contributed by atoms with E-state index in [9.17, 15) is 32.3 Å². The van der Waals surface area contributed by atoms with Gasteiger partial charge in [0.25, 0.3) is 11.8 Å². The first-order valence-corrected chi connectivity index (χ1v) is 18.5. The molecule has 5 heterocycles. The number of hydrogen-bond donors (Lipinski definition) is 4. The maximum atomic E-state index is 15.1. The maximum Gasteiger partial charge on any atom is 0.401 e. The zero-order valence-corrected chi connectivity index (χ0v) is 31.4. The number of aromatic amines is 1. The second kappa shape index (κ2) is 16.2. The Morgan fingerprint density at radius 1 is 0.931 bits per heavy atom. The monoisotopic (exact) mass is 801 g/mol. The number of aromatic nitrogens is 7. The molecule has 2 aromatic carbocycles. The summed E-state index contributed by atoms with van der Waals surface area (Å²) in [5, 5.41) is 17.5. The molecule has 5 aromatic rings. The fourth-order valence-electron chi connectivity index (χ4n) is 6.71. The van der Waals surface area contributed by atoms with Crippen molar-refractivity contribution in [3.05, 3.63) is 107 Å². The molecule has 0 bridgehead atoms. The van der Waals surface area contributed by atoms with E-state index >= 15 is 4.39 Å². The number of imide groups is 1. The number of H-pyrrole nitrogens is 1. The number of piperidine rings is 2. The Morgan fingerprint density at radius 2 is 1.66 bits per heavy atom. The van der Waals surface area contributed by atoms with Crippen LogP contribution in [0, 0.1) is 5.82 Å². The second-order valence-electron chi connectivity index (χ2n) is 14.8. The molecule has 0 saturated carbocycles. The largest absolute Gasteiger partial charge is 0.401 e. The van der Waals surface area contributed by atoms with E-state index in [1.54, 1.807) is 18.5 Å². The molecule has 2 saturated heterocycles. The fraction of sp³-hybridized carbons (Fsp3) is 0.359. The number of nitrogens with one attached hydrogen (secondary N) is 4. The number of hydrogen-bond acceptors (Lipinski definition) is 10. The number of alkyl halides is 3. The Bertz CT molecular complexity index is 2320. The highest BCUT2D eigenvalue weighted by Gasteiger charge is 2.51. The van der Waals surface area contributed by atoms with Crippen molar-refractivity contribution in [1.82, 2.24) is 55.8 Å². The summed E-state index contributed by atoms with van der Waals surface area (Å²) in [6, 6.07) is 11.8. The molecule has 302 valence electrons. The quantitative estimate of drug-likeness (QED) is 0.111. The van der Waals surface area contributed by atoms with Crippen LogP contribution in [0.5, 0.6) is 0 Å². The van der Waals surface area contributed by atoms with Crippen LogP contribution >= 0.6 is 0 Å². The van der Waals surface area contributed by atoms with E-state index in [2.05, 4.69) is 51.1 Å². The lowest BCUT2D eigenvalue weighted by molar-refractivity contribution is -0.182. The molecule has 2 aliphatic rings. The van der Waals surface area contributed by atoms with E-state index in [0.717, 1.165) is 68.6 Å². The first-order chi connectivity index (χ1) is 27.6. The highest BCUT2D eigenvalue weighted by Crippen LogP contribution is 2.38. The summed E-state index contributed by atoms with van der Waals surface area (Å²) in [4.78, 5) is 63.8. The average molecular weight is 802 g/mol. The second-order valence-corrected chi connectivity index (χ2v) is 14.8. The van der Waals surface area contributed by atoms with Crippen LogP contribution in [0.3, 0.4) is 0 Å². The minimum atomic E-state index is -4.55. The Balaban J connectivity index is 0.873. The van der Waals surface area contributed by atoms with Crippen LogP contribution in [0.2, 0.25) is 0 Å². The predicted octanol–water partition coefficient (Wildman–Crippen LogP) is 4.27. The Kier molecular flexibility index (Phi) is 11.2. The standard InChI is InChI=1S/C39H39F4N11O4/c1-38(2,39(41,42)43)36-49-31(51-52-36)19-44-33(56)27-18-47-54(21-27)37-45-16-26(17-46-37)23-5-3-22(4-6-23)20-53-13-11-24(12-14-53)25-7-8-28(29(40)15-25)34(57)48-30-9-10-32(55)50-35(30)58/h3-8,15-18,21,24,30H,9-14,19-20H2,1-2H3,(H,44,56)(H,48,57)(H,49,51,52)(H,50,55,58)/t30-/m0/s1. The highest BCUT2D eigenvalue weighted by molar-refractivity contribution is 6.03. The first-order valence-electron chi connectivity index (χ1n) is 18.5. The number of nitrogens with zero attached hydrogens (tertiary/aromatic N) is 7. The summed E-state index contributed by atoms with van der Waals surface area (Å²) in [5.41, 5.74) is 1.39. The lowest BCUT2D eigenvalue weighted by atomic mass is 9.88. The van der Waals surface area contributed by atoms with Gasteiger partial charge in [0.15, 0.2) is 5.82 Å². The van der Waals surface area contributed by atoms with Crippen molar-refractivity contribution in [2.24, 2.45) is 0 Å². The number of benzene rings is 2. The van der Waals surface area contributed by atoms with Crippen molar-refractivity contribution in [3.63, 3.8) is 0 Å². The van der Waals surface area contributed by atoms with Crippen molar-refractivity contribution >= 4 is 23.6 Å². The van der Waals surface area contributed by atoms with E-state index in [1.165, 1.54) is 29.2 Å². The van der Waals surface area contributed by atoms with Gasteiger partial charge in [-0.05, 0) is 80.9 Å². The van der Waals surface area contributed by atoms with Crippen molar-refractivity contribution in [2.45, 2.75) is 76.2 Å². The zero-order valence-electron chi connectivity index (χ0n) is 31.4. The molecule has 0 radical (unpaired) electrons. The normalized spacial score (nSPS) is 16.9. The molecule has 0 aliphatic carbocycles. The SMILES string of the molecule is CC(C)(c1n[nH]c(CNC(=O)c2cnn(-c3ncc(-c4ccc(CN5CCC(c6ccc(C(=O)N[C@H]7CCC(=O)NC7=O)c(F)c6)CC5)cc4)cn3)c2)n1)C(F)(F)F. The molecule has 2 fully saturated rings. The van der Waals surface area contributed by atoms with Gasteiger partial charge in [-0.3, -0.25) is 34.5 Å². The third-order valence-corrected chi connectivity index (χ3v) is 10.4. The molecule has 4 amide bonds. The minimum Gasteiger partial charge on any atom is -0.345 e. The van der Waals surface area contributed by atoms with Gasteiger partial charge < -0.3 is 10.6 Å². The third kappa shape index (κ3) is 8.78. The number of likely N-dealkylation sites (tertiary alicyclic amines) is 1. The van der Waals surface area contributed by atoms with Gasteiger partial charge in [0, 0.05) is 37.1 Å². The summed E-state index contributed by atoms with van der Waals surface area (Å²) in [5.74, 6) is -2.86. The molecule has 0 spiro atoms. The van der Waals surface area contributed by atoms with Gasteiger partial charge in [0.2, 0.25) is 17.8 Å². The van der Waals surface area contributed by atoms with Gasteiger partial charge in [-0.2, -0.15) is 23.4 Å². The molecule has 4 N–H and O–H groups in total. The molecule has 3 aromatic heterocycles. The first kappa shape index (κ1) is 39.8. The Hall–Kier alpha value is -6.37. The van der Waals surface area contributed by atoms with Gasteiger partial charge in [-0.25, -0.2) is 24.0 Å². The predicted molar refractivity (Wildman–Crippen MR) is 199 cm³/mol. The van der Waals surface area contributed by atoms with Crippen LogP contribution in [0.4, 0.5) is 17.6 Å². The van der Waals surface area contributed by atoms with E-state index in [4.69, 9.17) is 0 Å². The summed E-state index contributed by atoms with van der Waals surface area (Å²) < 4.78 is 56.3. The third-order valence-electron chi connectivity index (χ3n) is 10.4. The molecule has 1 atom stereocenters. The zero-order chi connectivity index (χ0) is 41.2. The van der Waals surface area contributed by atoms with Crippen molar-refractivity contribution in [3.8, 4) is 17.1 Å². The summed E-state index contributed by atoms with van der Waals surface area (Å²) in [6.45, 7) is 4.13. The molecule has 15 nitrogen and oxygen atoms in total. The molecule has 2 aliphatic heterocycles. The summed E-state index contributed by atoms with van der Waals surface area (Å²) in [6.07, 6.45) is 3.42. The van der Waals surface area contributed by atoms with Gasteiger partial charge in [0.05, 0.1) is 23.9 Å². The molecule has 58 heavy (non-hydrogen) atoms. The van der Waals surface area contributed by atoms with Gasteiger partial charge in [-0.15, -0.1) is 0 Å². The summed E-state index contributed by atoms with van der Waals surface area (Å²) >= 11 is 0. The smallest absolute Gasteiger partial charge is 0.345 e. The van der Waals surface area contributed by atoms with E-state index < -0.39 is 52.9 Å². The highest BCUT2D eigenvalue weighted by atomic mass is 19.4. The number of amides is 4. The van der Waals surface area contributed by atoms with E-state index in [-0.39, 0.29) is 48.2 Å². The Labute approximate surface area is 329 Å². The number of carbonyl (C=O) groups is 4. The molecular formula is C39H39F4N11O4. The van der Waals surface area contributed by atoms with Crippen LogP contribution < -0.4 is 16.0 Å². The topological polar surface area (TPSA) is 193 Å². The van der Waals surface area contributed by atoms with Crippen LogP contribution in [-0.4, -0.2) is 88.8 Å². The number of rotatable bonds is 11. The summed E-state index contributed by atoms with van der Waals surface area (Å²) in [7, 11) is 0. The lowest BCUT2D eigenvalue weighted by Crippen LogP contribution is -2.52. The molecule has 7 rings (SSSR count). The van der Waals surface area contributed by atoms with Gasteiger partial charge in [0.1, 0.15) is 23.1 Å².